The number of nitrogens with zero attached hydrogens (tertiary/aromatic N) is 1. The average molecular weight is 400 g/mol. The molecule has 0 aliphatic carbocycles. The maximum atomic E-state index is 12.4. The van der Waals surface area contributed by atoms with Crippen LogP contribution in [0.5, 0.6) is 0 Å². The van der Waals surface area contributed by atoms with Crippen molar-refractivity contribution in [1.29, 1.82) is 5.26 Å². The first-order valence-corrected chi connectivity index (χ1v) is 11.1. The molecule has 1 aliphatic heterocycles. The first-order chi connectivity index (χ1) is 13.3. The number of benzene rings is 2. The molecule has 1 N–H and O–H groups in total. The molecule has 0 amide bonds. The molecule has 6 heteroatoms. The minimum absolute atomic E-state index is 0.111. The van der Waals surface area contributed by atoms with Crippen molar-refractivity contribution in [3.05, 3.63) is 59.7 Å². The molecule has 0 spiro atoms. The van der Waals surface area contributed by atoms with E-state index in [9.17, 15) is 18.8 Å². The Morgan fingerprint density at radius 3 is 2.54 bits per heavy atom. The van der Waals surface area contributed by atoms with Crippen LogP contribution < -0.4 is 0 Å². The second kappa shape index (κ2) is 8.04. The third-order valence-electron chi connectivity index (χ3n) is 5.52. The molecular formula is C22H25NO4S. The van der Waals surface area contributed by atoms with E-state index < -0.39 is 26.6 Å². The second-order valence-electron chi connectivity index (χ2n) is 7.56. The summed E-state index contributed by atoms with van der Waals surface area (Å²) in [4.78, 5) is 0. The van der Waals surface area contributed by atoms with E-state index >= 15 is 0 Å². The summed E-state index contributed by atoms with van der Waals surface area (Å²) in [6.45, 7) is 3.90. The van der Waals surface area contributed by atoms with Gasteiger partial charge in [0.25, 0.3) is 0 Å². The van der Waals surface area contributed by atoms with Gasteiger partial charge in [-0.05, 0) is 36.6 Å². The fourth-order valence-electron chi connectivity index (χ4n) is 3.60. The molecule has 148 valence electrons. The van der Waals surface area contributed by atoms with Crippen molar-refractivity contribution in [2.24, 2.45) is 5.92 Å². The molecule has 5 nitrogen and oxygen atoms in total. The fraction of sp³-hybridized carbons (Fsp3) is 0.409. The van der Waals surface area contributed by atoms with E-state index in [0.717, 1.165) is 11.1 Å². The molecule has 2 aromatic carbocycles. The van der Waals surface area contributed by atoms with Crippen molar-refractivity contribution in [3.8, 4) is 17.2 Å². The Morgan fingerprint density at radius 2 is 1.89 bits per heavy atom. The Labute approximate surface area is 166 Å². The SMILES string of the molecule is CC(C)S(=O)(=O)C[C@@H]1COCC[C@]1(O)c1ccc(-c2ccccc2C#N)cc1. The lowest BCUT2D eigenvalue weighted by atomic mass is 9.78. The topological polar surface area (TPSA) is 87.4 Å². The maximum Gasteiger partial charge on any atom is 0.153 e. The van der Waals surface area contributed by atoms with Crippen LogP contribution in [-0.4, -0.2) is 37.7 Å². The minimum atomic E-state index is -3.31. The van der Waals surface area contributed by atoms with E-state index in [0.29, 0.717) is 24.2 Å². The monoisotopic (exact) mass is 399 g/mol. The molecule has 2 atom stereocenters. The van der Waals surface area contributed by atoms with Gasteiger partial charge in [-0.2, -0.15) is 5.26 Å². The van der Waals surface area contributed by atoms with Crippen LogP contribution >= 0.6 is 0 Å². The van der Waals surface area contributed by atoms with Crippen LogP contribution in [0.3, 0.4) is 0 Å². The van der Waals surface area contributed by atoms with Gasteiger partial charge >= 0.3 is 0 Å². The van der Waals surface area contributed by atoms with Crippen molar-refractivity contribution in [2.75, 3.05) is 19.0 Å². The summed E-state index contributed by atoms with van der Waals surface area (Å²) in [5.74, 6) is -0.633. The molecule has 1 aliphatic rings. The predicted octanol–water partition coefficient (Wildman–Crippen LogP) is 3.27. The Hall–Kier alpha value is -2.20. The highest BCUT2D eigenvalue weighted by molar-refractivity contribution is 7.91. The number of aliphatic hydroxyl groups is 1. The largest absolute Gasteiger partial charge is 0.385 e. The van der Waals surface area contributed by atoms with E-state index in [2.05, 4.69) is 6.07 Å². The number of sulfone groups is 1. The standard InChI is InChI=1S/C22H25NO4S/c1-16(2)28(25,26)15-20-14-27-12-11-22(20,24)19-9-7-17(8-10-19)21-6-4-3-5-18(21)13-23/h3-10,16,20,24H,11-12,14-15H2,1-2H3/t20-,22-/m0/s1. The molecule has 0 bridgehead atoms. The number of nitriles is 1. The van der Waals surface area contributed by atoms with Gasteiger partial charge in [-0.15, -0.1) is 0 Å². The van der Waals surface area contributed by atoms with Crippen molar-refractivity contribution in [1.82, 2.24) is 0 Å². The van der Waals surface area contributed by atoms with Crippen molar-refractivity contribution < 1.29 is 18.3 Å². The van der Waals surface area contributed by atoms with Crippen LogP contribution in [0.2, 0.25) is 0 Å². The molecule has 0 aromatic heterocycles. The van der Waals surface area contributed by atoms with Crippen LogP contribution in [0.15, 0.2) is 48.5 Å². The molecule has 0 radical (unpaired) electrons. The first-order valence-electron chi connectivity index (χ1n) is 9.39. The van der Waals surface area contributed by atoms with Crippen LogP contribution in [0, 0.1) is 17.2 Å². The van der Waals surface area contributed by atoms with E-state index in [1.807, 2.05) is 42.5 Å². The van der Waals surface area contributed by atoms with Gasteiger partial charge < -0.3 is 9.84 Å². The summed E-state index contributed by atoms with van der Waals surface area (Å²) in [6.07, 6.45) is 0.347. The Bertz CT molecular complexity index is 976. The van der Waals surface area contributed by atoms with Gasteiger partial charge in [0.1, 0.15) is 0 Å². The van der Waals surface area contributed by atoms with E-state index in [-0.39, 0.29) is 12.4 Å². The minimum Gasteiger partial charge on any atom is -0.385 e. The van der Waals surface area contributed by atoms with Gasteiger partial charge in [0.2, 0.25) is 0 Å². The average Bonchev–Trinajstić information content (AvgIpc) is 2.69. The summed E-state index contributed by atoms with van der Waals surface area (Å²) < 4.78 is 30.3. The lowest BCUT2D eigenvalue weighted by molar-refractivity contribution is -0.110. The smallest absolute Gasteiger partial charge is 0.153 e. The fourth-order valence-corrected chi connectivity index (χ4v) is 4.92. The molecule has 1 saturated heterocycles. The summed E-state index contributed by atoms with van der Waals surface area (Å²) >= 11 is 0. The summed E-state index contributed by atoms with van der Waals surface area (Å²) in [5, 5.41) is 20.2. The van der Waals surface area contributed by atoms with Gasteiger partial charge in [-0.1, -0.05) is 42.5 Å². The van der Waals surface area contributed by atoms with Crippen LogP contribution in [0.25, 0.3) is 11.1 Å². The molecule has 1 fully saturated rings. The number of ether oxygens (including phenoxy) is 1. The zero-order chi connectivity index (χ0) is 20.4. The van der Waals surface area contributed by atoms with Crippen molar-refractivity contribution >= 4 is 9.84 Å². The summed E-state index contributed by atoms with van der Waals surface area (Å²) in [6, 6.07) is 16.9. The van der Waals surface area contributed by atoms with E-state index in [4.69, 9.17) is 4.74 Å². The lowest BCUT2D eigenvalue weighted by Gasteiger charge is -2.40. The highest BCUT2D eigenvalue weighted by atomic mass is 32.2. The third kappa shape index (κ3) is 3.97. The molecule has 0 unspecified atom stereocenters. The molecular weight excluding hydrogens is 374 g/mol. The van der Waals surface area contributed by atoms with Gasteiger partial charge in [0.15, 0.2) is 9.84 Å². The molecule has 0 saturated carbocycles. The number of hydrogen-bond donors (Lipinski definition) is 1. The van der Waals surface area contributed by atoms with Gasteiger partial charge in [0, 0.05) is 18.9 Å². The Kier molecular flexibility index (Phi) is 5.90. The maximum absolute atomic E-state index is 12.4. The van der Waals surface area contributed by atoms with Gasteiger partial charge in [0.05, 0.1) is 34.8 Å². The number of rotatable bonds is 5. The van der Waals surface area contributed by atoms with Crippen molar-refractivity contribution in [3.63, 3.8) is 0 Å². The molecule has 28 heavy (non-hydrogen) atoms. The van der Waals surface area contributed by atoms with Gasteiger partial charge in [-0.25, -0.2) is 8.42 Å². The Balaban J connectivity index is 1.93. The molecule has 3 rings (SSSR count). The second-order valence-corrected chi connectivity index (χ2v) is 10.2. The van der Waals surface area contributed by atoms with E-state index in [1.54, 1.807) is 19.9 Å². The quantitative estimate of drug-likeness (QED) is 0.834. The third-order valence-corrected chi connectivity index (χ3v) is 7.82. The van der Waals surface area contributed by atoms with E-state index in [1.165, 1.54) is 0 Å². The normalized spacial score (nSPS) is 22.8. The highest BCUT2D eigenvalue weighted by Gasteiger charge is 2.43. The van der Waals surface area contributed by atoms with Gasteiger partial charge in [-0.3, -0.25) is 0 Å². The lowest BCUT2D eigenvalue weighted by Crippen LogP contribution is -2.46. The molecule has 2 aromatic rings. The number of hydrogen-bond acceptors (Lipinski definition) is 5. The summed E-state index contributed by atoms with van der Waals surface area (Å²) in [7, 11) is -3.31. The zero-order valence-electron chi connectivity index (χ0n) is 16.1. The van der Waals surface area contributed by atoms with Crippen LogP contribution in [0.1, 0.15) is 31.4 Å². The van der Waals surface area contributed by atoms with Crippen LogP contribution in [-0.2, 0) is 20.2 Å². The zero-order valence-corrected chi connectivity index (χ0v) is 16.9. The molecule has 1 heterocycles. The summed E-state index contributed by atoms with van der Waals surface area (Å²) in [5.41, 5.74) is 1.71. The van der Waals surface area contributed by atoms with Crippen molar-refractivity contribution in [2.45, 2.75) is 31.1 Å². The van der Waals surface area contributed by atoms with Crippen LogP contribution in [0.4, 0.5) is 0 Å². The predicted molar refractivity (Wildman–Crippen MR) is 108 cm³/mol. The first kappa shape index (κ1) is 20.5. The Morgan fingerprint density at radius 1 is 1.21 bits per heavy atom. The highest BCUT2D eigenvalue weighted by Crippen LogP contribution is 2.38.